The van der Waals surface area contributed by atoms with Crippen molar-refractivity contribution in [1.29, 1.82) is 0 Å². The van der Waals surface area contributed by atoms with E-state index in [1.807, 2.05) is 0 Å². The molecule has 2 rings (SSSR count). The molecule has 4 heteroatoms. The first-order valence-corrected chi connectivity index (χ1v) is 6.27. The molecule has 0 unspecified atom stereocenters. The molecule has 0 amide bonds. The van der Waals surface area contributed by atoms with E-state index in [-0.39, 0.29) is 16.3 Å². The Hall–Kier alpha value is -1.06. The van der Waals surface area contributed by atoms with E-state index in [4.69, 9.17) is 11.6 Å². The van der Waals surface area contributed by atoms with Gasteiger partial charge in [0.05, 0.1) is 10.6 Å². The molecule has 1 heterocycles. The fourth-order valence-electron chi connectivity index (χ4n) is 2.24. The molecule has 1 fully saturated rings. The third kappa shape index (κ3) is 2.99. The largest absolute Gasteiger partial charge is 0.506 e. The van der Waals surface area contributed by atoms with Gasteiger partial charge in [-0.25, -0.2) is 0 Å². The van der Waals surface area contributed by atoms with Crippen LogP contribution in [0.1, 0.15) is 35.2 Å². The van der Waals surface area contributed by atoms with Crippen molar-refractivity contribution in [3.05, 3.63) is 28.3 Å². The average molecular weight is 254 g/mol. The summed E-state index contributed by atoms with van der Waals surface area (Å²) in [6.45, 7) is 2.98. The summed E-state index contributed by atoms with van der Waals surface area (Å²) in [5.74, 6) is -0.121. The number of hydrogen-bond donors (Lipinski definition) is 1. The number of halogens is 1. The number of phenolic OH excluding ortho intramolecular Hbond substituents is 1. The van der Waals surface area contributed by atoms with Gasteiger partial charge in [-0.1, -0.05) is 18.0 Å². The lowest BCUT2D eigenvalue weighted by atomic mass is 10.1. The lowest BCUT2D eigenvalue weighted by molar-refractivity contribution is 0.112. The van der Waals surface area contributed by atoms with Gasteiger partial charge in [0, 0.05) is 6.54 Å². The van der Waals surface area contributed by atoms with Gasteiger partial charge in [0.25, 0.3) is 0 Å². The maximum absolute atomic E-state index is 10.8. The van der Waals surface area contributed by atoms with E-state index in [0.29, 0.717) is 6.29 Å². The predicted octanol–water partition coefficient (Wildman–Crippen LogP) is 2.84. The summed E-state index contributed by atoms with van der Waals surface area (Å²) < 4.78 is 0. The molecule has 1 saturated heterocycles. The molecule has 0 radical (unpaired) electrons. The summed E-state index contributed by atoms with van der Waals surface area (Å²) in [5.41, 5.74) is 1.25. The molecule has 1 aromatic rings. The van der Waals surface area contributed by atoms with E-state index >= 15 is 0 Å². The van der Waals surface area contributed by atoms with Gasteiger partial charge in [-0.3, -0.25) is 9.69 Å². The monoisotopic (exact) mass is 253 g/mol. The third-order valence-corrected chi connectivity index (χ3v) is 3.42. The maximum Gasteiger partial charge on any atom is 0.153 e. The van der Waals surface area contributed by atoms with Gasteiger partial charge in [0.2, 0.25) is 0 Å². The summed E-state index contributed by atoms with van der Waals surface area (Å²) >= 11 is 5.89. The van der Waals surface area contributed by atoms with Crippen LogP contribution < -0.4 is 0 Å². The Bertz CT molecular complexity index is 414. The van der Waals surface area contributed by atoms with Crippen molar-refractivity contribution in [3.63, 3.8) is 0 Å². The van der Waals surface area contributed by atoms with E-state index in [2.05, 4.69) is 4.90 Å². The van der Waals surface area contributed by atoms with Crippen LogP contribution >= 0.6 is 11.6 Å². The minimum Gasteiger partial charge on any atom is -0.506 e. The fraction of sp³-hybridized carbons (Fsp3) is 0.462. The summed E-state index contributed by atoms with van der Waals surface area (Å²) in [6.07, 6.45) is 4.39. The van der Waals surface area contributed by atoms with Gasteiger partial charge < -0.3 is 5.11 Å². The van der Waals surface area contributed by atoms with Crippen LogP contribution in [0, 0.1) is 0 Å². The first-order chi connectivity index (χ1) is 8.20. The number of benzene rings is 1. The van der Waals surface area contributed by atoms with Crippen LogP contribution in [0.25, 0.3) is 0 Å². The number of carbonyl (C=O) groups excluding carboxylic acids is 1. The van der Waals surface area contributed by atoms with E-state index in [0.717, 1.165) is 25.2 Å². The van der Waals surface area contributed by atoms with E-state index < -0.39 is 0 Å². The molecule has 0 aliphatic carbocycles. The molecule has 0 saturated carbocycles. The summed E-state index contributed by atoms with van der Waals surface area (Å²) in [7, 11) is 0. The highest BCUT2D eigenvalue weighted by atomic mass is 35.5. The number of aldehydes is 1. The molecule has 0 spiro atoms. The van der Waals surface area contributed by atoms with Gasteiger partial charge in [0.1, 0.15) is 5.75 Å². The number of likely N-dealkylation sites (tertiary alicyclic amines) is 1. The number of hydrogen-bond acceptors (Lipinski definition) is 3. The highest BCUT2D eigenvalue weighted by molar-refractivity contribution is 6.32. The van der Waals surface area contributed by atoms with Crippen molar-refractivity contribution in [2.45, 2.75) is 25.8 Å². The van der Waals surface area contributed by atoms with Gasteiger partial charge in [-0.05, 0) is 43.6 Å². The van der Waals surface area contributed by atoms with E-state index in [9.17, 15) is 9.90 Å². The molecule has 0 aromatic heterocycles. The maximum atomic E-state index is 10.8. The number of nitrogens with zero attached hydrogens (tertiary/aromatic N) is 1. The standard InChI is InChI=1S/C13H16ClNO2/c14-12-7-10(6-11(9-16)13(12)17)8-15-4-2-1-3-5-15/h6-7,9,17H,1-5,8H2. The summed E-state index contributed by atoms with van der Waals surface area (Å²) in [4.78, 5) is 13.1. The SMILES string of the molecule is O=Cc1cc(CN2CCCCC2)cc(Cl)c1O. The highest BCUT2D eigenvalue weighted by Crippen LogP contribution is 2.28. The molecular formula is C13H16ClNO2. The minimum absolute atomic E-state index is 0.121. The fourth-order valence-corrected chi connectivity index (χ4v) is 2.48. The van der Waals surface area contributed by atoms with Crippen molar-refractivity contribution >= 4 is 17.9 Å². The van der Waals surface area contributed by atoms with Crippen LogP contribution in [-0.2, 0) is 6.54 Å². The van der Waals surface area contributed by atoms with E-state index in [1.54, 1.807) is 12.1 Å². The predicted molar refractivity (Wildman–Crippen MR) is 67.6 cm³/mol. The first-order valence-electron chi connectivity index (χ1n) is 5.89. The van der Waals surface area contributed by atoms with Crippen molar-refractivity contribution in [3.8, 4) is 5.75 Å². The summed E-state index contributed by atoms with van der Waals surface area (Å²) in [5, 5.41) is 9.80. The van der Waals surface area contributed by atoms with Crippen molar-refractivity contribution in [2.24, 2.45) is 0 Å². The summed E-state index contributed by atoms with van der Waals surface area (Å²) in [6, 6.07) is 3.45. The molecule has 1 aliphatic rings. The van der Waals surface area contributed by atoms with Gasteiger partial charge in [-0.15, -0.1) is 0 Å². The Morgan fingerprint density at radius 2 is 2.00 bits per heavy atom. The molecule has 92 valence electrons. The van der Waals surface area contributed by atoms with Crippen LogP contribution in [0.15, 0.2) is 12.1 Å². The molecule has 1 aliphatic heterocycles. The molecule has 0 bridgehead atoms. The van der Waals surface area contributed by atoms with Crippen molar-refractivity contribution in [1.82, 2.24) is 4.90 Å². The van der Waals surface area contributed by atoms with Crippen molar-refractivity contribution < 1.29 is 9.90 Å². The number of carbonyl (C=O) groups is 1. The molecule has 0 atom stereocenters. The zero-order chi connectivity index (χ0) is 12.3. The zero-order valence-corrected chi connectivity index (χ0v) is 10.4. The Kier molecular flexibility index (Phi) is 4.02. The lowest BCUT2D eigenvalue weighted by Crippen LogP contribution is -2.29. The number of rotatable bonds is 3. The van der Waals surface area contributed by atoms with Gasteiger partial charge in [0.15, 0.2) is 6.29 Å². The topological polar surface area (TPSA) is 40.5 Å². The van der Waals surface area contributed by atoms with Crippen LogP contribution in [0.2, 0.25) is 5.02 Å². The Balaban J connectivity index is 2.15. The second-order valence-corrected chi connectivity index (χ2v) is 4.88. The Morgan fingerprint density at radius 3 is 2.65 bits per heavy atom. The van der Waals surface area contributed by atoms with Gasteiger partial charge in [-0.2, -0.15) is 0 Å². The van der Waals surface area contributed by atoms with Gasteiger partial charge >= 0.3 is 0 Å². The molecule has 17 heavy (non-hydrogen) atoms. The van der Waals surface area contributed by atoms with Crippen LogP contribution in [0.5, 0.6) is 5.75 Å². The third-order valence-electron chi connectivity index (χ3n) is 3.13. The Labute approximate surface area is 106 Å². The number of piperidine rings is 1. The Morgan fingerprint density at radius 1 is 1.29 bits per heavy atom. The molecular weight excluding hydrogens is 238 g/mol. The highest BCUT2D eigenvalue weighted by Gasteiger charge is 2.13. The zero-order valence-electron chi connectivity index (χ0n) is 9.66. The molecule has 1 aromatic carbocycles. The van der Waals surface area contributed by atoms with Crippen LogP contribution in [0.3, 0.4) is 0 Å². The number of aromatic hydroxyl groups is 1. The second kappa shape index (κ2) is 5.52. The van der Waals surface area contributed by atoms with E-state index in [1.165, 1.54) is 19.3 Å². The van der Waals surface area contributed by atoms with Crippen LogP contribution in [-0.4, -0.2) is 29.4 Å². The number of phenols is 1. The smallest absolute Gasteiger partial charge is 0.153 e. The van der Waals surface area contributed by atoms with Crippen molar-refractivity contribution in [2.75, 3.05) is 13.1 Å². The normalized spacial score (nSPS) is 17.0. The first kappa shape index (κ1) is 12.4. The average Bonchev–Trinajstić information content (AvgIpc) is 2.35. The van der Waals surface area contributed by atoms with Crippen LogP contribution in [0.4, 0.5) is 0 Å². The minimum atomic E-state index is -0.121. The second-order valence-electron chi connectivity index (χ2n) is 4.47. The lowest BCUT2D eigenvalue weighted by Gasteiger charge is -2.26. The molecule has 1 N–H and O–H groups in total. The quantitative estimate of drug-likeness (QED) is 0.842. The molecule has 3 nitrogen and oxygen atoms in total.